The summed E-state index contributed by atoms with van der Waals surface area (Å²) in [5, 5.41) is 8.29. The third kappa shape index (κ3) is 3.81. The third-order valence-electron chi connectivity index (χ3n) is 5.13. The van der Waals surface area contributed by atoms with Gasteiger partial charge >= 0.3 is 0 Å². The second-order valence-electron chi connectivity index (χ2n) is 7.79. The van der Waals surface area contributed by atoms with Crippen molar-refractivity contribution in [1.29, 1.82) is 0 Å². The molecule has 1 amide bonds. The van der Waals surface area contributed by atoms with E-state index in [9.17, 15) is 4.79 Å². The van der Waals surface area contributed by atoms with Gasteiger partial charge in [-0.25, -0.2) is 9.67 Å². The van der Waals surface area contributed by atoms with E-state index in [4.69, 9.17) is 4.98 Å². The van der Waals surface area contributed by atoms with Crippen LogP contribution in [-0.2, 0) is 0 Å². The van der Waals surface area contributed by atoms with Gasteiger partial charge in [0.25, 0.3) is 5.91 Å². The number of nitrogens with one attached hydrogen (secondary N) is 1. The zero-order valence-corrected chi connectivity index (χ0v) is 17.6. The zero-order valence-electron chi connectivity index (χ0n) is 17.6. The van der Waals surface area contributed by atoms with E-state index >= 15 is 0 Å². The molecule has 3 heterocycles. The highest BCUT2D eigenvalue weighted by molar-refractivity contribution is 6.06. The summed E-state index contributed by atoms with van der Waals surface area (Å²) in [6.07, 6.45) is 3.45. The largest absolute Gasteiger partial charge is 0.344 e. The van der Waals surface area contributed by atoms with E-state index in [-0.39, 0.29) is 18.0 Å². The molecule has 6 heteroatoms. The van der Waals surface area contributed by atoms with E-state index in [1.807, 2.05) is 67.1 Å². The zero-order chi connectivity index (χ0) is 21.3. The second kappa shape index (κ2) is 8.06. The first-order chi connectivity index (χ1) is 14.4. The predicted molar refractivity (Wildman–Crippen MR) is 118 cm³/mol. The summed E-state index contributed by atoms with van der Waals surface area (Å²) in [5.41, 5.74) is 4.97. The molecule has 1 atom stereocenters. The van der Waals surface area contributed by atoms with Crippen LogP contribution in [0.25, 0.3) is 22.3 Å². The van der Waals surface area contributed by atoms with Crippen molar-refractivity contribution in [2.75, 3.05) is 0 Å². The molecule has 0 aliphatic heterocycles. The summed E-state index contributed by atoms with van der Waals surface area (Å²) in [4.78, 5) is 22.4. The van der Waals surface area contributed by atoms with Gasteiger partial charge < -0.3 is 5.32 Å². The average Bonchev–Trinajstić information content (AvgIpc) is 3.18. The molecule has 4 rings (SSSR count). The summed E-state index contributed by atoms with van der Waals surface area (Å²) in [6.45, 7) is 8.08. The summed E-state index contributed by atoms with van der Waals surface area (Å²) in [6, 6.07) is 15.6. The maximum absolute atomic E-state index is 13.3. The molecule has 1 aromatic carbocycles. The molecule has 30 heavy (non-hydrogen) atoms. The summed E-state index contributed by atoms with van der Waals surface area (Å²) in [5.74, 6) is -0.169. The Hall–Kier alpha value is -3.54. The van der Waals surface area contributed by atoms with Crippen LogP contribution in [0, 0.1) is 6.92 Å². The minimum atomic E-state index is -0.218. The van der Waals surface area contributed by atoms with Crippen LogP contribution in [0.4, 0.5) is 0 Å². The molecule has 152 valence electrons. The number of carbonyl (C=O) groups is 1. The smallest absolute Gasteiger partial charge is 0.252 e. The lowest BCUT2D eigenvalue weighted by molar-refractivity contribution is 0.0940. The Balaban J connectivity index is 1.79. The lowest BCUT2D eigenvalue weighted by Crippen LogP contribution is -2.27. The highest BCUT2D eigenvalue weighted by Gasteiger charge is 2.20. The van der Waals surface area contributed by atoms with Crippen LogP contribution < -0.4 is 5.32 Å². The molecule has 0 radical (unpaired) electrons. The van der Waals surface area contributed by atoms with Gasteiger partial charge in [0.05, 0.1) is 34.6 Å². The number of hydrogen-bond donors (Lipinski definition) is 1. The van der Waals surface area contributed by atoms with E-state index in [1.54, 1.807) is 12.4 Å². The Morgan fingerprint density at radius 3 is 2.50 bits per heavy atom. The number of pyridine rings is 2. The molecular formula is C24H25N5O. The number of aryl methyl sites for hydroxylation is 1. The van der Waals surface area contributed by atoms with Gasteiger partial charge in [-0.05, 0) is 45.9 Å². The first-order valence-corrected chi connectivity index (χ1v) is 10.1. The van der Waals surface area contributed by atoms with Crippen molar-refractivity contribution in [3.8, 4) is 11.3 Å². The topological polar surface area (TPSA) is 72.7 Å². The second-order valence-corrected chi connectivity index (χ2v) is 7.79. The molecular weight excluding hydrogens is 374 g/mol. The number of amides is 1. The average molecular weight is 399 g/mol. The molecule has 0 unspecified atom stereocenters. The van der Waals surface area contributed by atoms with E-state index < -0.39 is 0 Å². The molecule has 4 aromatic rings. The quantitative estimate of drug-likeness (QED) is 0.519. The van der Waals surface area contributed by atoms with Crippen molar-refractivity contribution in [2.45, 2.75) is 39.8 Å². The minimum Gasteiger partial charge on any atom is -0.344 e. The maximum Gasteiger partial charge on any atom is 0.252 e. The monoisotopic (exact) mass is 399 g/mol. The van der Waals surface area contributed by atoms with Gasteiger partial charge in [-0.2, -0.15) is 5.10 Å². The number of rotatable bonds is 5. The number of fused-ring (bicyclic) bond motifs is 1. The molecule has 1 N–H and O–H groups in total. The van der Waals surface area contributed by atoms with E-state index in [1.165, 1.54) is 5.56 Å². The molecule has 3 aromatic heterocycles. The number of aromatic nitrogens is 4. The molecule has 0 saturated carbocycles. The first-order valence-electron chi connectivity index (χ1n) is 10.1. The van der Waals surface area contributed by atoms with E-state index in [2.05, 4.69) is 29.2 Å². The van der Waals surface area contributed by atoms with Gasteiger partial charge in [-0.3, -0.25) is 9.78 Å². The van der Waals surface area contributed by atoms with Crippen LogP contribution in [0.2, 0.25) is 0 Å². The van der Waals surface area contributed by atoms with Crippen LogP contribution in [0.5, 0.6) is 0 Å². The molecule has 0 aliphatic rings. The predicted octanol–water partition coefficient (Wildman–Crippen LogP) is 4.87. The lowest BCUT2D eigenvalue weighted by atomic mass is 10.0. The Morgan fingerprint density at radius 2 is 1.83 bits per heavy atom. The Labute approximate surface area is 176 Å². The van der Waals surface area contributed by atoms with Crippen LogP contribution >= 0.6 is 0 Å². The van der Waals surface area contributed by atoms with Crippen molar-refractivity contribution in [3.05, 3.63) is 77.7 Å². The molecule has 6 nitrogen and oxygen atoms in total. The van der Waals surface area contributed by atoms with Gasteiger partial charge in [0, 0.05) is 17.8 Å². The van der Waals surface area contributed by atoms with Gasteiger partial charge in [0.2, 0.25) is 0 Å². The van der Waals surface area contributed by atoms with Crippen LogP contribution in [0.1, 0.15) is 54.5 Å². The summed E-state index contributed by atoms with van der Waals surface area (Å²) < 4.78 is 1.85. The van der Waals surface area contributed by atoms with Crippen LogP contribution in [0.3, 0.4) is 0 Å². The van der Waals surface area contributed by atoms with Gasteiger partial charge in [-0.1, -0.05) is 35.9 Å². The highest BCUT2D eigenvalue weighted by Crippen LogP contribution is 2.27. The Morgan fingerprint density at radius 1 is 1.07 bits per heavy atom. The van der Waals surface area contributed by atoms with E-state index in [0.717, 1.165) is 22.3 Å². The van der Waals surface area contributed by atoms with Crippen molar-refractivity contribution < 1.29 is 4.79 Å². The van der Waals surface area contributed by atoms with Gasteiger partial charge in [0.1, 0.15) is 0 Å². The molecule has 0 spiro atoms. The molecule has 0 bridgehead atoms. The number of hydrogen-bond acceptors (Lipinski definition) is 4. The fourth-order valence-corrected chi connectivity index (χ4v) is 3.44. The first kappa shape index (κ1) is 19.8. The minimum absolute atomic E-state index is 0.131. The normalized spacial score (nSPS) is 12.3. The fraction of sp³-hybridized carbons (Fsp3) is 0.250. The summed E-state index contributed by atoms with van der Waals surface area (Å²) in [7, 11) is 0. The number of carbonyl (C=O) groups excluding carboxylic acids is 1. The molecule has 0 aliphatic carbocycles. The van der Waals surface area contributed by atoms with Crippen molar-refractivity contribution in [1.82, 2.24) is 25.1 Å². The number of benzene rings is 1. The standard InChI is InChI=1S/C24H25N5O/c1-15(2)29-23-20(14-26-29)19(13-22(28-23)18-10-8-16(3)9-11-18)24(30)27-17(4)21-7-5-6-12-25-21/h5-15,17H,1-4H3,(H,27,30)/t17-/m0/s1. The van der Waals surface area contributed by atoms with Crippen LogP contribution in [-0.4, -0.2) is 25.7 Å². The van der Waals surface area contributed by atoms with E-state index in [0.29, 0.717) is 11.2 Å². The Bertz CT molecular complexity index is 1180. The van der Waals surface area contributed by atoms with Crippen LogP contribution in [0.15, 0.2) is 60.9 Å². The fourth-order valence-electron chi connectivity index (χ4n) is 3.44. The Kier molecular flexibility index (Phi) is 5.31. The highest BCUT2D eigenvalue weighted by atomic mass is 16.1. The van der Waals surface area contributed by atoms with Crippen molar-refractivity contribution in [2.24, 2.45) is 0 Å². The SMILES string of the molecule is Cc1ccc(-c2cc(C(=O)N[C@@H](C)c3ccccn3)c3cnn(C(C)C)c3n2)cc1. The lowest BCUT2D eigenvalue weighted by Gasteiger charge is -2.15. The van der Waals surface area contributed by atoms with Crippen molar-refractivity contribution >= 4 is 16.9 Å². The van der Waals surface area contributed by atoms with Gasteiger partial charge in [0.15, 0.2) is 5.65 Å². The van der Waals surface area contributed by atoms with Gasteiger partial charge in [-0.15, -0.1) is 0 Å². The van der Waals surface area contributed by atoms with Crippen molar-refractivity contribution in [3.63, 3.8) is 0 Å². The molecule has 0 fully saturated rings. The molecule has 0 saturated heterocycles. The number of nitrogens with zero attached hydrogens (tertiary/aromatic N) is 4. The maximum atomic E-state index is 13.3. The third-order valence-corrected chi connectivity index (χ3v) is 5.13. The summed E-state index contributed by atoms with van der Waals surface area (Å²) >= 11 is 0.